The largest absolute Gasteiger partial charge is 0.493 e. The maximum atomic E-state index is 11.8. The van der Waals surface area contributed by atoms with Gasteiger partial charge in [-0.2, -0.15) is 13.2 Å². The summed E-state index contributed by atoms with van der Waals surface area (Å²) in [6, 6.07) is 6.90. The van der Waals surface area contributed by atoms with Gasteiger partial charge in [0.05, 0.1) is 7.11 Å². The van der Waals surface area contributed by atoms with Crippen LogP contribution < -0.4 is 9.47 Å². The van der Waals surface area contributed by atoms with Crippen LogP contribution in [0.1, 0.15) is 0 Å². The standard InChI is InChI=1S/C9H8F3O2/c1-13-7-4-2-3-5-8(7)14-6-9(10,11)12/h2,4-5H,6H2,1H3. The van der Waals surface area contributed by atoms with Crippen molar-refractivity contribution < 1.29 is 22.6 Å². The van der Waals surface area contributed by atoms with Gasteiger partial charge in [-0.3, -0.25) is 0 Å². The molecule has 2 nitrogen and oxygen atoms in total. The molecule has 1 aromatic rings. The third-order valence-electron chi connectivity index (χ3n) is 1.40. The molecule has 0 fully saturated rings. The summed E-state index contributed by atoms with van der Waals surface area (Å²) < 4.78 is 44.7. The first-order chi connectivity index (χ1) is 6.53. The lowest BCUT2D eigenvalue weighted by molar-refractivity contribution is -0.153. The molecule has 0 unspecified atom stereocenters. The number of benzene rings is 1. The van der Waals surface area contributed by atoms with Gasteiger partial charge in [0.15, 0.2) is 18.1 Å². The van der Waals surface area contributed by atoms with Crippen molar-refractivity contribution in [2.45, 2.75) is 6.18 Å². The van der Waals surface area contributed by atoms with Crippen LogP contribution in [-0.4, -0.2) is 19.9 Å². The van der Waals surface area contributed by atoms with Crippen molar-refractivity contribution in [1.29, 1.82) is 0 Å². The van der Waals surface area contributed by atoms with E-state index in [4.69, 9.17) is 4.74 Å². The number of halogens is 3. The van der Waals surface area contributed by atoms with Gasteiger partial charge in [-0.25, -0.2) is 0 Å². The third kappa shape index (κ3) is 3.16. The van der Waals surface area contributed by atoms with Gasteiger partial charge in [0, 0.05) is 0 Å². The van der Waals surface area contributed by atoms with Gasteiger partial charge in [0.1, 0.15) is 0 Å². The molecule has 0 heterocycles. The highest BCUT2D eigenvalue weighted by Gasteiger charge is 2.28. The summed E-state index contributed by atoms with van der Waals surface area (Å²) in [5.41, 5.74) is 0. The minimum Gasteiger partial charge on any atom is -0.493 e. The Morgan fingerprint density at radius 2 is 2.07 bits per heavy atom. The Bertz CT molecular complexity index is 296. The first kappa shape index (κ1) is 10.7. The monoisotopic (exact) mass is 205 g/mol. The topological polar surface area (TPSA) is 18.5 Å². The fraction of sp³-hybridized carbons (Fsp3) is 0.333. The van der Waals surface area contributed by atoms with Crippen molar-refractivity contribution in [3.05, 3.63) is 24.3 Å². The summed E-state index contributed by atoms with van der Waals surface area (Å²) >= 11 is 0. The summed E-state index contributed by atoms with van der Waals surface area (Å²) in [6.45, 7) is -1.33. The maximum absolute atomic E-state index is 11.8. The van der Waals surface area contributed by atoms with E-state index < -0.39 is 12.8 Å². The van der Waals surface area contributed by atoms with Crippen LogP contribution >= 0.6 is 0 Å². The van der Waals surface area contributed by atoms with E-state index in [0.717, 1.165) is 0 Å². The molecule has 0 saturated carbocycles. The molecule has 0 aliphatic heterocycles. The van der Waals surface area contributed by atoms with E-state index in [2.05, 4.69) is 10.8 Å². The minimum absolute atomic E-state index is 0.0346. The highest BCUT2D eigenvalue weighted by molar-refractivity contribution is 5.38. The van der Waals surface area contributed by atoms with Gasteiger partial charge in [0.25, 0.3) is 0 Å². The van der Waals surface area contributed by atoms with Crippen molar-refractivity contribution >= 4 is 0 Å². The van der Waals surface area contributed by atoms with Gasteiger partial charge < -0.3 is 9.47 Å². The Labute approximate surface area is 79.2 Å². The number of hydrogen-bond acceptors (Lipinski definition) is 2. The van der Waals surface area contributed by atoms with Crippen molar-refractivity contribution in [2.24, 2.45) is 0 Å². The molecule has 0 amide bonds. The van der Waals surface area contributed by atoms with Gasteiger partial charge in [-0.1, -0.05) is 6.07 Å². The lowest BCUT2D eigenvalue weighted by Gasteiger charge is -2.11. The fourth-order valence-electron chi connectivity index (χ4n) is 0.842. The molecule has 0 N–H and O–H groups in total. The van der Waals surface area contributed by atoms with Gasteiger partial charge in [0.2, 0.25) is 0 Å². The van der Waals surface area contributed by atoms with Gasteiger partial charge >= 0.3 is 6.18 Å². The van der Waals surface area contributed by atoms with E-state index in [9.17, 15) is 13.2 Å². The molecule has 1 rings (SSSR count). The van der Waals surface area contributed by atoms with E-state index in [1.807, 2.05) is 0 Å². The number of hydrogen-bond donors (Lipinski definition) is 0. The molecule has 0 bridgehead atoms. The maximum Gasteiger partial charge on any atom is 0.422 e. The van der Waals surface area contributed by atoms with Gasteiger partial charge in [-0.05, 0) is 18.2 Å². The smallest absolute Gasteiger partial charge is 0.422 e. The molecule has 1 aromatic carbocycles. The third-order valence-corrected chi connectivity index (χ3v) is 1.40. The van der Waals surface area contributed by atoms with E-state index in [-0.39, 0.29) is 11.5 Å². The first-order valence-electron chi connectivity index (χ1n) is 3.76. The highest BCUT2D eigenvalue weighted by atomic mass is 19.4. The second-order valence-corrected chi connectivity index (χ2v) is 2.48. The summed E-state index contributed by atoms with van der Waals surface area (Å²) in [5.74, 6) is 0.292. The Hall–Kier alpha value is -1.39. The van der Waals surface area contributed by atoms with Crippen LogP contribution in [0.25, 0.3) is 0 Å². The number of methoxy groups -OCH3 is 1. The first-order valence-corrected chi connectivity index (χ1v) is 3.76. The molecule has 77 valence electrons. The van der Waals surface area contributed by atoms with Crippen molar-refractivity contribution in [2.75, 3.05) is 13.7 Å². The van der Waals surface area contributed by atoms with E-state index in [1.54, 1.807) is 0 Å². The second kappa shape index (κ2) is 4.21. The normalized spacial score (nSPS) is 11.1. The molecular formula is C9H8F3O2. The lowest BCUT2D eigenvalue weighted by Crippen LogP contribution is -2.19. The SMILES string of the molecule is COc1cc[c]cc1OCC(F)(F)F. The van der Waals surface area contributed by atoms with Crippen LogP contribution in [0.4, 0.5) is 13.2 Å². The van der Waals surface area contributed by atoms with E-state index in [0.29, 0.717) is 0 Å². The van der Waals surface area contributed by atoms with E-state index in [1.165, 1.54) is 25.3 Å². The number of rotatable bonds is 3. The Morgan fingerprint density at radius 1 is 1.36 bits per heavy atom. The summed E-state index contributed by atoms with van der Waals surface area (Å²) in [4.78, 5) is 0. The van der Waals surface area contributed by atoms with Gasteiger partial charge in [-0.15, -0.1) is 0 Å². The molecule has 0 atom stereocenters. The Kier molecular flexibility index (Phi) is 3.22. The van der Waals surface area contributed by atoms with Crippen LogP contribution in [0, 0.1) is 6.07 Å². The zero-order chi connectivity index (χ0) is 10.6. The van der Waals surface area contributed by atoms with E-state index >= 15 is 0 Å². The zero-order valence-electron chi connectivity index (χ0n) is 7.39. The summed E-state index contributed by atoms with van der Waals surface area (Å²) in [7, 11) is 1.36. The molecule has 0 aliphatic carbocycles. The summed E-state index contributed by atoms with van der Waals surface area (Å²) in [5, 5.41) is 0. The average molecular weight is 205 g/mol. The second-order valence-electron chi connectivity index (χ2n) is 2.48. The molecule has 0 saturated heterocycles. The predicted octanol–water partition coefficient (Wildman–Crippen LogP) is 2.44. The van der Waals surface area contributed by atoms with Crippen LogP contribution in [0.2, 0.25) is 0 Å². The number of ether oxygens (including phenoxy) is 2. The summed E-state index contributed by atoms with van der Waals surface area (Å²) in [6.07, 6.45) is -4.35. The molecular weight excluding hydrogens is 197 g/mol. The quantitative estimate of drug-likeness (QED) is 0.754. The van der Waals surface area contributed by atoms with Crippen molar-refractivity contribution in [1.82, 2.24) is 0 Å². The van der Waals surface area contributed by atoms with Crippen LogP contribution in [0.15, 0.2) is 18.2 Å². The van der Waals surface area contributed by atoms with Crippen LogP contribution in [0.5, 0.6) is 11.5 Å². The minimum atomic E-state index is -4.35. The van der Waals surface area contributed by atoms with Crippen LogP contribution in [-0.2, 0) is 0 Å². The molecule has 5 heteroatoms. The Morgan fingerprint density at radius 3 is 2.64 bits per heavy atom. The zero-order valence-corrected chi connectivity index (χ0v) is 7.39. The molecule has 14 heavy (non-hydrogen) atoms. The molecule has 0 aliphatic rings. The average Bonchev–Trinajstić information content (AvgIpc) is 2.14. The lowest BCUT2D eigenvalue weighted by atomic mass is 10.3. The van der Waals surface area contributed by atoms with Crippen molar-refractivity contribution in [3.63, 3.8) is 0 Å². The fourth-order valence-corrected chi connectivity index (χ4v) is 0.842. The Balaban J connectivity index is 2.67. The highest BCUT2D eigenvalue weighted by Crippen LogP contribution is 2.27. The number of alkyl halides is 3. The molecule has 0 aromatic heterocycles. The predicted molar refractivity (Wildman–Crippen MR) is 43.4 cm³/mol. The molecule has 0 spiro atoms. The molecule has 1 radical (unpaired) electrons. The van der Waals surface area contributed by atoms with Crippen molar-refractivity contribution in [3.8, 4) is 11.5 Å². The van der Waals surface area contributed by atoms with Crippen LogP contribution in [0.3, 0.4) is 0 Å².